The number of hydrogen-bond donors (Lipinski definition) is 1. The fourth-order valence-electron chi connectivity index (χ4n) is 1.35. The lowest BCUT2D eigenvalue weighted by Crippen LogP contribution is -2.13. The Hall–Kier alpha value is -1.33. The lowest BCUT2D eigenvalue weighted by molar-refractivity contribution is 0.605. The average Bonchev–Trinajstić information content (AvgIpc) is 2.28. The van der Waals surface area contributed by atoms with E-state index in [9.17, 15) is 8.42 Å². The molecule has 0 aliphatic carbocycles. The molecule has 84 valence electrons. The summed E-state index contributed by atoms with van der Waals surface area (Å²) in [7, 11) is -3.45. The van der Waals surface area contributed by atoms with Crippen LogP contribution in [0.15, 0.2) is 36.5 Å². The van der Waals surface area contributed by atoms with Crippen LogP contribution in [0.2, 0.25) is 0 Å². The number of rotatable bonds is 3. The lowest BCUT2D eigenvalue weighted by Gasteiger charge is -2.05. The van der Waals surface area contributed by atoms with E-state index in [2.05, 4.69) is 9.71 Å². The van der Waals surface area contributed by atoms with Gasteiger partial charge in [0.25, 0.3) is 0 Å². The summed E-state index contributed by atoms with van der Waals surface area (Å²) in [6, 6.07) is 8.77. The number of nitrogens with one attached hydrogen (secondary N) is 1. The first-order valence-electron chi connectivity index (χ1n) is 4.52. The van der Waals surface area contributed by atoms with Crippen molar-refractivity contribution >= 4 is 38.2 Å². The number of halogens is 1. The Balaban J connectivity index is 2.40. The van der Waals surface area contributed by atoms with Crippen molar-refractivity contribution in [1.29, 1.82) is 0 Å². The van der Waals surface area contributed by atoms with Gasteiger partial charge in [0.1, 0.15) is 5.21 Å². The molecule has 0 amide bonds. The molecule has 0 unspecified atom stereocenters. The normalized spacial score (nSPS) is 11.6. The van der Waals surface area contributed by atoms with Crippen LogP contribution in [-0.4, -0.2) is 18.6 Å². The zero-order valence-electron chi connectivity index (χ0n) is 8.22. The van der Waals surface area contributed by atoms with E-state index in [1.54, 1.807) is 30.5 Å². The van der Waals surface area contributed by atoms with Crippen LogP contribution < -0.4 is 4.72 Å². The van der Waals surface area contributed by atoms with Gasteiger partial charge in [0.2, 0.25) is 10.0 Å². The molecule has 0 saturated carbocycles. The van der Waals surface area contributed by atoms with E-state index in [0.717, 1.165) is 10.9 Å². The molecule has 16 heavy (non-hydrogen) atoms. The molecule has 0 radical (unpaired) electrons. The number of pyridine rings is 1. The van der Waals surface area contributed by atoms with Crippen molar-refractivity contribution in [3.8, 4) is 0 Å². The van der Waals surface area contributed by atoms with Gasteiger partial charge in [-0.15, -0.1) is 11.6 Å². The molecular formula is C10H9ClN2O2S. The van der Waals surface area contributed by atoms with Crippen molar-refractivity contribution in [3.63, 3.8) is 0 Å². The minimum Gasteiger partial charge on any atom is -0.283 e. The molecule has 0 bridgehead atoms. The summed E-state index contributed by atoms with van der Waals surface area (Å²) in [5.41, 5.74) is 1.30. The third-order valence-electron chi connectivity index (χ3n) is 2.02. The number of fused-ring (bicyclic) bond motifs is 1. The Morgan fingerprint density at radius 2 is 2.12 bits per heavy atom. The van der Waals surface area contributed by atoms with Gasteiger partial charge in [-0.3, -0.25) is 9.71 Å². The Bertz CT molecular complexity index is 613. The molecule has 2 rings (SSSR count). The van der Waals surface area contributed by atoms with Crippen molar-refractivity contribution in [2.75, 3.05) is 9.93 Å². The lowest BCUT2D eigenvalue weighted by atomic mass is 10.2. The van der Waals surface area contributed by atoms with E-state index in [-0.39, 0.29) is 0 Å². The molecule has 1 aromatic heterocycles. The highest BCUT2D eigenvalue weighted by atomic mass is 35.5. The smallest absolute Gasteiger partial charge is 0.246 e. The number of hydrogen-bond acceptors (Lipinski definition) is 3. The van der Waals surface area contributed by atoms with E-state index in [1.165, 1.54) is 0 Å². The predicted octanol–water partition coefficient (Wildman–Crippen LogP) is 2.17. The van der Waals surface area contributed by atoms with Gasteiger partial charge in [0, 0.05) is 17.3 Å². The second-order valence-corrected chi connectivity index (χ2v) is 5.54. The number of aromatic nitrogens is 1. The molecule has 0 spiro atoms. The minimum absolute atomic E-state index is 0.460. The van der Waals surface area contributed by atoms with Crippen LogP contribution in [0, 0.1) is 0 Å². The molecule has 0 aliphatic rings. The van der Waals surface area contributed by atoms with Gasteiger partial charge in [-0.25, -0.2) is 8.42 Å². The van der Waals surface area contributed by atoms with Crippen molar-refractivity contribution < 1.29 is 8.42 Å². The summed E-state index contributed by atoms with van der Waals surface area (Å²) in [6.07, 6.45) is 1.69. The number of anilines is 1. The monoisotopic (exact) mass is 256 g/mol. The molecule has 6 heteroatoms. The molecule has 4 nitrogen and oxygen atoms in total. The maximum atomic E-state index is 11.2. The zero-order chi connectivity index (χ0) is 11.6. The van der Waals surface area contributed by atoms with E-state index < -0.39 is 15.2 Å². The second-order valence-electron chi connectivity index (χ2n) is 3.24. The van der Waals surface area contributed by atoms with Gasteiger partial charge in [0.05, 0.1) is 5.52 Å². The Morgan fingerprint density at radius 1 is 1.31 bits per heavy atom. The summed E-state index contributed by atoms with van der Waals surface area (Å²) in [4.78, 5) is 4.14. The maximum absolute atomic E-state index is 11.2. The van der Waals surface area contributed by atoms with Crippen LogP contribution >= 0.6 is 11.6 Å². The fraction of sp³-hybridized carbons (Fsp3) is 0.100. The molecule has 0 saturated heterocycles. The van der Waals surface area contributed by atoms with Gasteiger partial charge in [0.15, 0.2) is 0 Å². The average molecular weight is 257 g/mol. The summed E-state index contributed by atoms with van der Waals surface area (Å²) < 4.78 is 24.9. The Morgan fingerprint density at radius 3 is 2.88 bits per heavy atom. The quantitative estimate of drug-likeness (QED) is 0.857. The predicted molar refractivity (Wildman–Crippen MR) is 65.0 cm³/mol. The molecule has 1 heterocycles. The first-order chi connectivity index (χ1) is 7.61. The largest absolute Gasteiger partial charge is 0.283 e. The van der Waals surface area contributed by atoms with Crippen molar-refractivity contribution in [1.82, 2.24) is 4.98 Å². The molecular weight excluding hydrogens is 248 g/mol. The van der Waals surface area contributed by atoms with Crippen LogP contribution in [0.3, 0.4) is 0 Å². The van der Waals surface area contributed by atoms with E-state index in [0.29, 0.717) is 5.69 Å². The van der Waals surface area contributed by atoms with Crippen LogP contribution in [0.5, 0.6) is 0 Å². The fourth-order valence-corrected chi connectivity index (χ4v) is 2.05. The van der Waals surface area contributed by atoms with Crippen molar-refractivity contribution in [2.45, 2.75) is 0 Å². The zero-order valence-corrected chi connectivity index (χ0v) is 9.79. The molecule has 0 fully saturated rings. The highest BCUT2D eigenvalue weighted by Crippen LogP contribution is 2.18. The van der Waals surface area contributed by atoms with Crippen molar-refractivity contribution in [2.24, 2.45) is 0 Å². The SMILES string of the molecule is O=S(=O)(CCl)Nc1ccc2ncccc2c1. The van der Waals surface area contributed by atoms with E-state index in [1.807, 2.05) is 6.07 Å². The highest BCUT2D eigenvalue weighted by molar-refractivity contribution is 7.93. The maximum Gasteiger partial charge on any atom is 0.246 e. The van der Waals surface area contributed by atoms with Gasteiger partial charge in [-0.2, -0.15) is 0 Å². The molecule has 0 atom stereocenters. The van der Waals surface area contributed by atoms with Crippen LogP contribution in [0.25, 0.3) is 10.9 Å². The van der Waals surface area contributed by atoms with Gasteiger partial charge >= 0.3 is 0 Å². The summed E-state index contributed by atoms with van der Waals surface area (Å²) in [5, 5.41) is 0.412. The summed E-state index contributed by atoms with van der Waals surface area (Å²) >= 11 is 5.30. The first-order valence-corrected chi connectivity index (χ1v) is 6.71. The van der Waals surface area contributed by atoms with E-state index >= 15 is 0 Å². The van der Waals surface area contributed by atoms with Crippen molar-refractivity contribution in [3.05, 3.63) is 36.5 Å². The van der Waals surface area contributed by atoms with Crippen LogP contribution in [0.1, 0.15) is 0 Å². The van der Waals surface area contributed by atoms with Crippen LogP contribution in [0.4, 0.5) is 5.69 Å². The number of benzene rings is 1. The standard InChI is InChI=1S/C10H9ClN2O2S/c11-7-16(14,15)13-9-3-4-10-8(6-9)2-1-5-12-10/h1-6,13H,7H2. The number of alkyl halides is 1. The topological polar surface area (TPSA) is 59.1 Å². The van der Waals surface area contributed by atoms with Gasteiger partial charge in [-0.05, 0) is 24.3 Å². The van der Waals surface area contributed by atoms with Gasteiger partial charge < -0.3 is 0 Å². The highest BCUT2D eigenvalue weighted by Gasteiger charge is 2.07. The number of sulfonamides is 1. The third-order valence-corrected chi connectivity index (χ3v) is 3.72. The summed E-state index contributed by atoms with van der Waals surface area (Å²) in [5.74, 6) is 0. The second kappa shape index (κ2) is 4.27. The molecule has 1 aromatic carbocycles. The number of nitrogens with zero attached hydrogens (tertiary/aromatic N) is 1. The molecule has 2 aromatic rings. The third kappa shape index (κ3) is 2.43. The van der Waals surface area contributed by atoms with Crippen LogP contribution in [-0.2, 0) is 10.0 Å². The minimum atomic E-state index is -3.45. The first kappa shape index (κ1) is 11.2. The molecule has 1 N–H and O–H groups in total. The Labute approximate surface area is 98.3 Å². The van der Waals surface area contributed by atoms with E-state index in [4.69, 9.17) is 11.6 Å². The summed E-state index contributed by atoms with van der Waals surface area (Å²) in [6.45, 7) is 0. The molecule has 0 aliphatic heterocycles. The van der Waals surface area contributed by atoms with Gasteiger partial charge in [-0.1, -0.05) is 6.07 Å². The Kier molecular flexibility index (Phi) is 2.98.